The van der Waals surface area contributed by atoms with Crippen molar-refractivity contribution < 1.29 is 9.90 Å². The van der Waals surface area contributed by atoms with Crippen molar-refractivity contribution in [1.82, 2.24) is 9.97 Å². The van der Waals surface area contributed by atoms with Crippen molar-refractivity contribution in [3.63, 3.8) is 0 Å². The van der Waals surface area contributed by atoms with Gasteiger partial charge in [0, 0.05) is 23.8 Å². The summed E-state index contributed by atoms with van der Waals surface area (Å²) < 4.78 is 1.16. The number of amides is 1. The number of carbonyl (C=O) groups excluding carboxylic acids is 1. The summed E-state index contributed by atoms with van der Waals surface area (Å²) in [5.41, 5.74) is 0.0992. The van der Waals surface area contributed by atoms with Crippen molar-refractivity contribution in [2.24, 2.45) is 0 Å². The van der Waals surface area contributed by atoms with Gasteiger partial charge in [0.25, 0.3) is 5.91 Å². The van der Waals surface area contributed by atoms with Crippen molar-refractivity contribution in [2.45, 2.75) is 37.5 Å². The Kier molecular flexibility index (Phi) is 3.32. The summed E-state index contributed by atoms with van der Waals surface area (Å²) >= 11 is 1.64. The van der Waals surface area contributed by atoms with Crippen LogP contribution in [0.4, 0.5) is 10.9 Å². The first-order valence-electron chi connectivity index (χ1n) is 8.67. The maximum Gasteiger partial charge on any atom is 0.264 e. The molecule has 3 heterocycles. The van der Waals surface area contributed by atoms with E-state index in [1.807, 2.05) is 18.2 Å². The van der Waals surface area contributed by atoms with Gasteiger partial charge in [-0.1, -0.05) is 29.5 Å². The molecule has 1 aromatic carbocycles. The second-order valence-electron chi connectivity index (χ2n) is 7.08. The van der Waals surface area contributed by atoms with Crippen LogP contribution in [-0.2, 0) is 10.4 Å². The maximum absolute atomic E-state index is 12.7. The number of nitrogens with zero attached hydrogens (tertiary/aromatic N) is 3. The molecule has 2 aliphatic rings. The average Bonchev–Trinajstić information content (AvgIpc) is 3.09. The summed E-state index contributed by atoms with van der Waals surface area (Å²) in [5.74, 6) is 0.306. The number of anilines is 2. The highest BCUT2D eigenvalue weighted by Crippen LogP contribution is 2.43. The molecule has 6 nitrogen and oxygen atoms in total. The second-order valence-corrected chi connectivity index (χ2v) is 8.11. The molecule has 0 bridgehead atoms. The molecule has 5 rings (SSSR count). The van der Waals surface area contributed by atoms with Gasteiger partial charge in [-0.25, -0.2) is 9.97 Å². The van der Waals surface area contributed by atoms with Gasteiger partial charge in [0.15, 0.2) is 10.7 Å². The third-order valence-corrected chi connectivity index (χ3v) is 6.24. The number of carbonyl (C=O) groups is 1. The van der Waals surface area contributed by atoms with Gasteiger partial charge >= 0.3 is 0 Å². The Bertz CT molecular complexity index is 976. The molecule has 1 fully saturated rings. The zero-order valence-electron chi connectivity index (χ0n) is 14.2. The van der Waals surface area contributed by atoms with E-state index in [-0.39, 0.29) is 18.0 Å². The lowest BCUT2D eigenvalue weighted by molar-refractivity contribution is -0.135. The zero-order valence-corrected chi connectivity index (χ0v) is 15.0. The summed E-state index contributed by atoms with van der Waals surface area (Å²) in [6.07, 6.45) is 3.29. The van der Waals surface area contributed by atoms with Crippen LogP contribution >= 0.6 is 11.3 Å². The lowest BCUT2D eigenvalue weighted by atomic mass is 9.85. The fourth-order valence-electron chi connectivity index (χ4n) is 3.78. The number of aromatic nitrogens is 2. The molecular weight excluding hydrogens is 348 g/mol. The Hall–Kier alpha value is -2.51. The molecule has 1 atom stereocenters. The van der Waals surface area contributed by atoms with Gasteiger partial charge in [-0.3, -0.25) is 9.69 Å². The third-order valence-electron chi connectivity index (χ3n) is 5.27. The molecule has 0 radical (unpaired) electrons. The Morgan fingerprint density at radius 3 is 2.88 bits per heavy atom. The van der Waals surface area contributed by atoms with E-state index in [9.17, 15) is 9.90 Å². The summed E-state index contributed by atoms with van der Waals surface area (Å²) in [6.45, 7) is 1.55. The molecule has 132 valence electrons. The number of pyridine rings is 1. The Morgan fingerprint density at radius 2 is 2.08 bits per heavy atom. The fraction of sp³-hybridized carbons (Fsp3) is 0.316. The van der Waals surface area contributed by atoms with E-state index in [0.29, 0.717) is 11.4 Å². The van der Waals surface area contributed by atoms with Gasteiger partial charge in [0.05, 0.1) is 10.2 Å². The smallest absolute Gasteiger partial charge is 0.264 e. The molecular formula is C19H18N4O2S. The normalized spacial score (nSPS) is 27.5. The number of rotatable bonds is 3. The molecule has 26 heavy (non-hydrogen) atoms. The highest BCUT2D eigenvalue weighted by atomic mass is 32.1. The number of nitrogens with one attached hydrogen (secondary N) is 1. The maximum atomic E-state index is 12.7. The van der Waals surface area contributed by atoms with Gasteiger partial charge < -0.3 is 10.4 Å². The Morgan fingerprint density at radius 1 is 1.27 bits per heavy atom. The zero-order chi connectivity index (χ0) is 17.9. The minimum atomic E-state index is -1.49. The lowest BCUT2D eigenvalue weighted by Crippen LogP contribution is -2.53. The topological polar surface area (TPSA) is 78.4 Å². The van der Waals surface area contributed by atoms with Gasteiger partial charge in [0.2, 0.25) is 0 Å². The number of aliphatic hydroxyl groups is 1. The first kappa shape index (κ1) is 15.7. The predicted molar refractivity (Wildman–Crippen MR) is 101 cm³/mol. The highest BCUT2D eigenvalue weighted by molar-refractivity contribution is 7.22. The van der Waals surface area contributed by atoms with Gasteiger partial charge in [0.1, 0.15) is 5.82 Å². The van der Waals surface area contributed by atoms with Crippen LogP contribution in [0.25, 0.3) is 10.2 Å². The number of benzene rings is 1. The van der Waals surface area contributed by atoms with Crippen molar-refractivity contribution in [1.29, 1.82) is 0 Å². The highest BCUT2D eigenvalue weighted by Gasteiger charge is 2.51. The molecule has 0 saturated heterocycles. The van der Waals surface area contributed by atoms with Crippen LogP contribution in [-0.4, -0.2) is 33.1 Å². The summed E-state index contributed by atoms with van der Waals surface area (Å²) in [4.78, 5) is 23.3. The van der Waals surface area contributed by atoms with E-state index in [1.54, 1.807) is 41.5 Å². The van der Waals surface area contributed by atoms with Crippen LogP contribution < -0.4 is 10.2 Å². The number of hydrogen-bond acceptors (Lipinski definition) is 6. The number of para-hydroxylation sites is 1. The van der Waals surface area contributed by atoms with E-state index in [0.717, 1.165) is 28.2 Å². The van der Waals surface area contributed by atoms with Crippen molar-refractivity contribution >= 4 is 38.4 Å². The molecule has 1 aliphatic carbocycles. The molecule has 2 aromatic heterocycles. The van der Waals surface area contributed by atoms with Crippen LogP contribution in [0.5, 0.6) is 0 Å². The Labute approximate surface area is 154 Å². The number of fused-ring (bicyclic) bond motifs is 2. The first-order valence-corrected chi connectivity index (χ1v) is 9.49. The van der Waals surface area contributed by atoms with Crippen LogP contribution in [0.3, 0.4) is 0 Å². The van der Waals surface area contributed by atoms with E-state index >= 15 is 0 Å². The molecule has 1 saturated carbocycles. The molecule has 3 aromatic rings. The van der Waals surface area contributed by atoms with Crippen LogP contribution in [0.15, 0.2) is 42.6 Å². The Balaban J connectivity index is 1.32. The number of thiazole rings is 1. The van der Waals surface area contributed by atoms with E-state index in [2.05, 4.69) is 21.4 Å². The van der Waals surface area contributed by atoms with E-state index < -0.39 is 5.60 Å². The first-order chi connectivity index (χ1) is 12.5. The van der Waals surface area contributed by atoms with Crippen molar-refractivity contribution in [2.75, 3.05) is 10.2 Å². The molecule has 2 N–H and O–H groups in total. The minimum absolute atomic E-state index is 0.0528. The monoisotopic (exact) mass is 366 g/mol. The van der Waals surface area contributed by atoms with Crippen LogP contribution in [0.2, 0.25) is 0 Å². The SMILES string of the molecule is C[C@@]1(O)C(=O)N([C@H]2C[C@H](Nc3nc4ccccc4s3)C2)c2ncccc21. The third kappa shape index (κ3) is 2.24. The van der Waals surface area contributed by atoms with Crippen molar-refractivity contribution in [3.05, 3.63) is 48.2 Å². The quantitative estimate of drug-likeness (QED) is 0.745. The average molecular weight is 366 g/mol. The van der Waals surface area contributed by atoms with Crippen molar-refractivity contribution in [3.8, 4) is 0 Å². The fourth-order valence-corrected chi connectivity index (χ4v) is 4.72. The van der Waals surface area contributed by atoms with E-state index in [1.165, 1.54) is 0 Å². The van der Waals surface area contributed by atoms with Crippen LogP contribution in [0.1, 0.15) is 25.3 Å². The largest absolute Gasteiger partial charge is 0.375 e. The summed E-state index contributed by atoms with van der Waals surface area (Å²) in [6, 6.07) is 11.9. The molecule has 0 spiro atoms. The van der Waals surface area contributed by atoms with Gasteiger partial charge in [-0.2, -0.15) is 0 Å². The number of hydrogen-bond donors (Lipinski definition) is 2. The summed E-state index contributed by atoms with van der Waals surface area (Å²) in [5, 5.41) is 15.0. The van der Waals surface area contributed by atoms with Gasteiger partial charge in [-0.05, 0) is 38.0 Å². The standard InChI is InChI=1S/C19H18N4O2S/c1-19(25)13-5-4-8-20-16(13)23(17(19)24)12-9-11(10-12)21-18-22-14-6-2-3-7-15(14)26-18/h2-8,11-12,25H,9-10H2,1H3,(H,21,22)/t11-,12-,19-/m0/s1. The second kappa shape index (κ2) is 5.49. The molecule has 1 aliphatic heterocycles. The lowest BCUT2D eigenvalue weighted by Gasteiger charge is -2.41. The molecule has 0 unspecified atom stereocenters. The molecule has 1 amide bonds. The summed E-state index contributed by atoms with van der Waals surface area (Å²) in [7, 11) is 0. The van der Waals surface area contributed by atoms with Gasteiger partial charge in [-0.15, -0.1) is 0 Å². The van der Waals surface area contributed by atoms with Crippen LogP contribution in [0, 0.1) is 0 Å². The predicted octanol–water partition coefficient (Wildman–Crippen LogP) is 2.89. The molecule has 7 heteroatoms. The van der Waals surface area contributed by atoms with E-state index in [4.69, 9.17) is 0 Å². The minimum Gasteiger partial charge on any atom is -0.375 e.